The van der Waals surface area contributed by atoms with Gasteiger partial charge in [-0.05, 0) is 30.5 Å². The van der Waals surface area contributed by atoms with Crippen molar-refractivity contribution < 1.29 is 17.6 Å². The van der Waals surface area contributed by atoms with Gasteiger partial charge in [-0.15, -0.1) is 0 Å². The second-order valence-corrected chi connectivity index (χ2v) is 4.52. The van der Waals surface area contributed by atoms with Crippen molar-refractivity contribution in [3.8, 4) is 0 Å². The lowest BCUT2D eigenvalue weighted by molar-refractivity contribution is -0.137. The topological polar surface area (TPSA) is 26.0 Å². The van der Waals surface area contributed by atoms with Gasteiger partial charge in [0.1, 0.15) is 5.82 Å². The molecule has 0 heterocycles. The Bertz CT molecular complexity index is 409. The second-order valence-electron chi connectivity index (χ2n) is 4.52. The van der Waals surface area contributed by atoms with Crippen LogP contribution in [-0.4, -0.2) is 0 Å². The highest BCUT2D eigenvalue weighted by molar-refractivity contribution is 5.29. The van der Waals surface area contributed by atoms with Crippen LogP contribution in [0.3, 0.4) is 0 Å². The Hall–Kier alpha value is -1.10. The van der Waals surface area contributed by atoms with Crippen LogP contribution in [0.4, 0.5) is 17.6 Å². The Morgan fingerprint density at radius 1 is 1.29 bits per heavy atom. The fraction of sp³-hybridized carbons (Fsp3) is 0.500. The maximum atomic E-state index is 13.4. The smallest absolute Gasteiger partial charge is 0.324 e. The summed E-state index contributed by atoms with van der Waals surface area (Å²) in [4.78, 5) is 0. The van der Waals surface area contributed by atoms with Crippen molar-refractivity contribution in [2.24, 2.45) is 11.7 Å². The normalized spacial score (nSPS) is 18.2. The first-order valence-electron chi connectivity index (χ1n) is 5.50. The van der Waals surface area contributed by atoms with Crippen molar-refractivity contribution in [2.75, 3.05) is 0 Å². The minimum absolute atomic E-state index is 0.0354. The standard InChI is InChI=1S/C12H13F4N/c13-10-4-3-8(12(14,15)16)6-9(10)11(17)5-7-1-2-7/h3-4,6-7,11H,1-2,5,17H2/t11-/m1/s1. The maximum Gasteiger partial charge on any atom is 0.416 e. The van der Waals surface area contributed by atoms with Crippen molar-refractivity contribution in [1.29, 1.82) is 0 Å². The molecule has 0 radical (unpaired) electrons. The molecule has 1 atom stereocenters. The highest BCUT2D eigenvalue weighted by atomic mass is 19.4. The minimum atomic E-state index is -4.46. The Morgan fingerprint density at radius 3 is 2.47 bits per heavy atom. The van der Waals surface area contributed by atoms with E-state index in [0.29, 0.717) is 12.3 Å². The van der Waals surface area contributed by atoms with Crippen molar-refractivity contribution in [1.82, 2.24) is 0 Å². The SMILES string of the molecule is N[C@H](CC1CC1)c1cc(C(F)(F)F)ccc1F. The molecule has 1 saturated carbocycles. The number of rotatable bonds is 3. The molecule has 1 aromatic carbocycles. The number of halogens is 4. The van der Waals surface area contributed by atoms with E-state index >= 15 is 0 Å². The number of benzene rings is 1. The van der Waals surface area contributed by atoms with Crippen LogP contribution in [0.25, 0.3) is 0 Å². The Morgan fingerprint density at radius 2 is 1.94 bits per heavy atom. The van der Waals surface area contributed by atoms with E-state index in [4.69, 9.17) is 5.73 Å². The van der Waals surface area contributed by atoms with Gasteiger partial charge in [0.25, 0.3) is 0 Å². The van der Waals surface area contributed by atoms with Crippen LogP contribution in [0.15, 0.2) is 18.2 Å². The lowest BCUT2D eigenvalue weighted by Gasteiger charge is -2.15. The quantitative estimate of drug-likeness (QED) is 0.811. The van der Waals surface area contributed by atoms with E-state index in [1.54, 1.807) is 0 Å². The summed E-state index contributed by atoms with van der Waals surface area (Å²) in [5.74, 6) is -0.218. The van der Waals surface area contributed by atoms with Gasteiger partial charge in [0.05, 0.1) is 5.56 Å². The summed E-state index contributed by atoms with van der Waals surface area (Å²) in [5, 5.41) is 0. The summed E-state index contributed by atoms with van der Waals surface area (Å²) in [5.41, 5.74) is 4.86. The number of hydrogen-bond donors (Lipinski definition) is 1. The van der Waals surface area contributed by atoms with E-state index < -0.39 is 23.6 Å². The van der Waals surface area contributed by atoms with Gasteiger partial charge in [-0.2, -0.15) is 13.2 Å². The van der Waals surface area contributed by atoms with Crippen LogP contribution in [-0.2, 0) is 6.18 Å². The molecule has 0 bridgehead atoms. The first-order valence-corrected chi connectivity index (χ1v) is 5.50. The molecule has 5 heteroatoms. The highest BCUT2D eigenvalue weighted by Gasteiger charge is 2.32. The average molecular weight is 247 g/mol. The van der Waals surface area contributed by atoms with Crippen molar-refractivity contribution >= 4 is 0 Å². The van der Waals surface area contributed by atoms with Crippen molar-refractivity contribution in [2.45, 2.75) is 31.5 Å². The molecule has 0 unspecified atom stereocenters. The summed E-state index contributed by atoms with van der Waals surface area (Å²) in [7, 11) is 0. The predicted molar refractivity (Wildman–Crippen MR) is 55.7 cm³/mol. The van der Waals surface area contributed by atoms with Gasteiger partial charge < -0.3 is 5.73 Å². The predicted octanol–water partition coefficient (Wildman–Crippen LogP) is 3.64. The summed E-state index contributed by atoms with van der Waals surface area (Å²) in [6.07, 6.45) is -1.83. The molecule has 1 aliphatic carbocycles. The molecular formula is C12H13F4N. The fourth-order valence-corrected chi connectivity index (χ4v) is 1.84. The molecule has 94 valence electrons. The number of alkyl halides is 3. The molecule has 17 heavy (non-hydrogen) atoms. The molecule has 2 rings (SSSR count). The zero-order chi connectivity index (χ0) is 12.6. The van der Waals surface area contributed by atoms with E-state index in [1.807, 2.05) is 0 Å². The molecule has 1 aromatic rings. The van der Waals surface area contributed by atoms with Crippen LogP contribution in [0.2, 0.25) is 0 Å². The largest absolute Gasteiger partial charge is 0.416 e. The molecule has 1 nitrogen and oxygen atoms in total. The van der Waals surface area contributed by atoms with Gasteiger partial charge in [-0.1, -0.05) is 12.8 Å². The fourth-order valence-electron chi connectivity index (χ4n) is 1.84. The zero-order valence-corrected chi connectivity index (χ0v) is 9.10. The van der Waals surface area contributed by atoms with E-state index in [2.05, 4.69) is 0 Å². The van der Waals surface area contributed by atoms with Gasteiger partial charge in [0.15, 0.2) is 0 Å². The van der Waals surface area contributed by atoms with E-state index in [-0.39, 0.29) is 5.56 Å². The second kappa shape index (κ2) is 4.29. The molecule has 0 aliphatic heterocycles. The van der Waals surface area contributed by atoms with E-state index in [0.717, 1.165) is 31.0 Å². The lowest BCUT2D eigenvalue weighted by Crippen LogP contribution is -2.15. The summed E-state index contributed by atoms with van der Waals surface area (Å²) < 4.78 is 50.9. The van der Waals surface area contributed by atoms with Crippen LogP contribution in [0.1, 0.15) is 36.4 Å². The van der Waals surface area contributed by atoms with Gasteiger partial charge in [-0.3, -0.25) is 0 Å². The molecule has 2 N–H and O–H groups in total. The molecule has 1 fully saturated rings. The average Bonchev–Trinajstić information content (AvgIpc) is 3.00. The summed E-state index contributed by atoms with van der Waals surface area (Å²) in [6.45, 7) is 0. The van der Waals surface area contributed by atoms with Gasteiger partial charge in [-0.25, -0.2) is 4.39 Å². The van der Waals surface area contributed by atoms with Gasteiger partial charge >= 0.3 is 6.18 Å². The molecule has 0 aromatic heterocycles. The first kappa shape index (κ1) is 12.4. The van der Waals surface area contributed by atoms with E-state index in [9.17, 15) is 17.6 Å². The van der Waals surface area contributed by atoms with Crippen molar-refractivity contribution in [3.63, 3.8) is 0 Å². The molecule has 0 amide bonds. The molecule has 0 spiro atoms. The zero-order valence-electron chi connectivity index (χ0n) is 9.10. The summed E-state index contributed by atoms with van der Waals surface area (Å²) >= 11 is 0. The highest BCUT2D eigenvalue weighted by Crippen LogP contribution is 2.38. The molecule has 0 saturated heterocycles. The number of hydrogen-bond acceptors (Lipinski definition) is 1. The van der Waals surface area contributed by atoms with Crippen LogP contribution in [0.5, 0.6) is 0 Å². The van der Waals surface area contributed by atoms with Gasteiger partial charge in [0.2, 0.25) is 0 Å². The third-order valence-electron chi connectivity index (χ3n) is 3.01. The summed E-state index contributed by atoms with van der Waals surface area (Å²) in [6, 6.07) is 1.75. The Kier molecular flexibility index (Phi) is 3.12. The molecular weight excluding hydrogens is 234 g/mol. The maximum absolute atomic E-state index is 13.4. The Balaban J connectivity index is 2.24. The van der Waals surface area contributed by atoms with Crippen LogP contribution < -0.4 is 5.73 Å². The monoisotopic (exact) mass is 247 g/mol. The third kappa shape index (κ3) is 2.97. The first-order chi connectivity index (χ1) is 7.88. The lowest BCUT2D eigenvalue weighted by atomic mass is 9.99. The van der Waals surface area contributed by atoms with Crippen LogP contribution >= 0.6 is 0 Å². The Labute approximate surface area is 96.6 Å². The van der Waals surface area contributed by atoms with Gasteiger partial charge in [0, 0.05) is 11.6 Å². The van der Waals surface area contributed by atoms with E-state index in [1.165, 1.54) is 0 Å². The minimum Gasteiger partial charge on any atom is -0.324 e. The molecule has 1 aliphatic rings. The number of nitrogens with two attached hydrogens (primary N) is 1. The van der Waals surface area contributed by atoms with Crippen molar-refractivity contribution in [3.05, 3.63) is 35.1 Å². The third-order valence-corrected chi connectivity index (χ3v) is 3.01. The van der Waals surface area contributed by atoms with Crippen LogP contribution in [0, 0.1) is 11.7 Å².